The summed E-state index contributed by atoms with van der Waals surface area (Å²) in [6.45, 7) is 9.57. The van der Waals surface area contributed by atoms with Crippen LogP contribution < -0.4 is 10.6 Å². The molecule has 0 amide bonds. The van der Waals surface area contributed by atoms with Crippen molar-refractivity contribution in [1.29, 1.82) is 0 Å². The average molecular weight is 481 g/mol. The van der Waals surface area contributed by atoms with E-state index in [4.69, 9.17) is 4.99 Å². The number of benzene rings is 1. The molecule has 2 aromatic rings. The Morgan fingerprint density at radius 3 is 2.41 bits per heavy atom. The molecule has 0 spiro atoms. The maximum atomic E-state index is 4.76. The fourth-order valence-corrected chi connectivity index (χ4v) is 2.50. The van der Waals surface area contributed by atoms with Gasteiger partial charge in [0.1, 0.15) is 0 Å². The lowest BCUT2D eigenvalue weighted by Crippen LogP contribution is -2.37. The van der Waals surface area contributed by atoms with E-state index >= 15 is 0 Å². The van der Waals surface area contributed by atoms with E-state index in [2.05, 4.69) is 72.6 Å². The maximum Gasteiger partial charge on any atom is 0.191 e. The van der Waals surface area contributed by atoms with Gasteiger partial charge >= 0.3 is 0 Å². The molecule has 1 aromatic heterocycles. The Labute approximate surface area is 180 Å². The molecule has 5 nitrogen and oxygen atoms in total. The monoisotopic (exact) mass is 481 g/mol. The van der Waals surface area contributed by atoms with Gasteiger partial charge in [-0.05, 0) is 51.1 Å². The standard InChI is InChI=1S/C21H31N5.HI/c1-5-22-21(25-15-20-12-8-9-13-23-20)24-14-18-10-6-7-11-19(18)16-26(4)17(2)3;/h6-13,17H,5,14-16H2,1-4H3,(H2,22,24,25);1H. The molecule has 0 aliphatic heterocycles. The van der Waals surface area contributed by atoms with Gasteiger partial charge < -0.3 is 10.6 Å². The Hall–Kier alpha value is -1.67. The molecule has 27 heavy (non-hydrogen) atoms. The number of halogens is 1. The molecule has 0 bridgehead atoms. The molecule has 0 saturated heterocycles. The molecule has 0 atom stereocenters. The number of aliphatic imine (C=N–C) groups is 1. The molecule has 0 unspecified atom stereocenters. The quantitative estimate of drug-likeness (QED) is 0.342. The second kappa shape index (κ2) is 12.7. The van der Waals surface area contributed by atoms with Crippen LogP contribution in [0.4, 0.5) is 0 Å². The van der Waals surface area contributed by atoms with Crippen molar-refractivity contribution in [2.45, 2.75) is 46.4 Å². The highest BCUT2D eigenvalue weighted by Crippen LogP contribution is 2.13. The topological polar surface area (TPSA) is 52.6 Å². The molecule has 6 heteroatoms. The van der Waals surface area contributed by atoms with Crippen LogP contribution in [-0.2, 0) is 19.6 Å². The van der Waals surface area contributed by atoms with Gasteiger partial charge in [0.25, 0.3) is 0 Å². The summed E-state index contributed by atoms with van der Waals surface area (Å²) < 4.78 is 0. The lowest BCUT2D eigenvalue weighted by Gasteiger charge is -2.22. The van der Waals surface area contributed by atoms with E-state index in [9.17, 15) is 0 Å². The van der Waals surface area contributed by atoms with Crippen molar-refractivity contribution >= 4 is 29.9 Å². The maximum absolute atomic E-state index is 4.76. The van der Waals surface area contributed by atoms with Crippen molar-refractivity contribution in [2.75, 3.05) is 13.6 Å². The number of hydrogen-bond acceptors (Lipinski definition) is 3. The molecule has 2 N–H and O–H groups in total. The van der Waals surface area contributed by atoms with Crippen molar-refractivity contribution in [3.63, 3.8) is 0 Å². The minimum Gasteiger partial charge on any atom is -0.357 e. The van der Waals surface area contributed by atoms with E-state index in [1.165, 1.54) is 11.1 Å². The van der Waals surface area contributed by atoms with E-state index in [-0.39, 0.29) is 24.0 Å². The van der Waals surface area contributed by atoms with Crippen molar-refractivity contribution in [2.24, 2.45) is 4.99 Å². The number of rotatable bonds is 8. The first-order chi connectivity index (χ1) is 12.6. The first kappa shape index (κ1) is 23.4. The second-order valence-corrected chi connectivity index (χ2v) is 6.65. The van der Waals surface area contributed by atoms with Crippen LogP contribution in [0.15, 0.2) is 53.7 Å². The predicted octanol–water partition coefficient (Wildman–Crippen LogP) is 3.80. The molecule has 148 valence electrons. The van der Waals surface area contributed by atoms with Crippen LogP contribution in [0.1, 0.15) is 37.6 Å². The molecule has 0 fully saturated rings. The summed E-state index contributed by atoms with van der Waals surface area (Å²) in [6, 6.07) is 15.0. The van der Waals surface area contributed by atoms with Crippen molar-refractivity contribution in [3.8, 4) is 0 Å². The van der Waals surface area contributed by atoms with Gasteiger partial charge in [-0.1, -0.05) is 30.3 Å². The minimum atomic E-state index is 0. The van der Waals surface area contributed by atoms with Crippen LogP contribution in [0.5, 0.6) is 0 Å². The number of hydrogen-bond donors (Lipinski definition) is 2. The first-order valence-corrected chi connectivity index (χ1v) is 9.29. The Morgan fingerprint density at radius 2 is 1.78 bits per heavy atom. The Morgan fingerprint density at radius 1 is 1.07 bits per heavy atom. The van der Waals surface area contributed by atoms with Crippen LogP contribution in [0.25, 0.3) is 0 Å². The second-order valence-electron chi connectivity index (χ2n) is 6.65. The van der Waals surface area contributed by atoms with E-state index in [0.29, 0.717) is 19.1 Å². The van der Waals surface area contributed by atoms with Crippen LogP contribution in [0, 0.1) is 0 Å². The SMILES string of the molecule is CCNC(=NCc1ccccc1CN(C)C(C)C)NCc1ccccn1.I. The Kier molecular flexibility index (Phi) is 11.0. The van der Waals surface area contributed by atoms with E-state index in [1.807, 2.05) is 24.4 Å². The third-order valence-electron chi connectivity index (χ3n) is 4.33. The number of nitrogens with zero attached hydrogens (tertiary/aromatic N) is 3. The fraction of sp³-hybridized carbons (Fsp3) is 0.429. The molecule has 0 aliphatic rings. The van der Waals surface area contributed by atoms with Gasteiger partial charge in [-0.25, -0.2) is 4.99 Å². The van der Waals surface area contributed by atoms with Gasteiger partial charge in [-0.15, -0.1) is 24.0 Å². The minimum absolute atomic E-state index is 0. The van der Waals surface area contributed by atoms with E-state index < -0.39 is 0 Å². The summed E-state index contributed by atoms with van der Waals surface area (Å²) in [7, 11) is 2.16. The zero-order valence-corrected chi connectivity index (χ0v) is 19.1. The van der Waals surface area contributed by atoms with Crippen molar-refractivity contribution < 1.29 is 0 Å². The largest absolute Gasteiger partial charge is 0.357 e. The molecule has 1 aromatic carbocycles. The zero-order valence-electron chi connectivity index (χ0n) is 16.8. The summed E-state index contributed by atoms with van der Waals surface area (Å²) in [4.78, 5) is 11.4. The molecular weight excluding hydrogens is 449 g/mol. The number of nitrogens with one attached hydrogen (secondary N) is 2. The number of pyridine rings is 1. The normalized spacial score (nSPS) is 11.4. The van der Waals surface area contributed by atoms with Crippen LogP contribution >= 0.6 is 24.0 Å². The molecule has 1 heterocycles. The van der Waals surface area contributed by atoms with Gasteiger partial charge in [0.05, 0.1) is 18.8 Å². The lowest BCUT2D eigenvalue weighted by molar-refractivity contribution is 0.265. The van der Waals surface area contributed by atoms with Crippen molar-refractivity contribution in [1.82, 2.24) is 20.5 Å². The van der Waals surface area contributed by atoms with Gasteiger partial charge in [-0.3, -0.25) is 9.88 Å². The van der Waals surface area contributed by atoms with E-state index in [0.717, 1.165) is 24.7 Å². The summed E-state index contributed by atoms with van der Waals surface area (Å²) in [6.07, 6.45) is 1.81. The molecule has 0 saturated carbocycles. The molecular formula is C21H32IN5. The lowest BCUT2D eigenvalue weighted by atomic mass is 10.1. The summed E-state index contributed by atoms with van der Waals surface area (Å²) in [5.74, 6) is 0.810. The van der Waals surface area contributed by atoms with Gasteiger partial charge in [0.2, 0.25) is 0 Å². The molecule has 2 rings (SSSR count). The van der Waals surface area contributed by atoms with Crippen LogP contribution in [-0.4, -0.2) is 35.5 Å². The molecule has 0 radical (unpaired) electrons. The van der Waals surface area contributed by atoms with Crippen molar-refractivity contribution in [3.05, 3.63) is 65.5 Å². The van der Waals surface area contributed by atoms with Gasteiger partial charge in [0.15, 0.2) is 5.96 Å². The fourth-order valence-electron chi connectivity index (χ4n) is 2.50. The third kappa shape index (κ3) is 8.26. The highest BCUT2D eigenvalue weighted by atomic mass is 127. The van der Waals surface area contributed by atoms with Crippen LogP contribution in [0.3, 0.4) is 0 Å². The Bertz CT molecular complexity index is 688. The summed E-state index contributed by atoms with van der Waals surface area (Å²) in [5.41, 5.74) is 3.58. The van der Waals surface area contributed by atoms with Gasteiger partial charge in [-0.2, -0.15) is 0 Å². The highest BCUT2D eigenvalue weighted by Gasteiger charge is 2.08. The summed E-state index contributed by atoms with van der Waals surface area (Å²) >= 11 is 0. The number of guanidine groups is 1. The third-order valence-corrected chi connectivity index (χ3v) is 4.33. The number of aromatic nitrogens is 1. The van der Waals surface area contributed by atoms with Crippen LogP contribution in [0.2, 0.25) is 0 Å². The zero-order chi connectivity index (χ0) is 18.8. The van der Waals surface area contributed by atoms with Gasteiger partial charge in [0, 0.05) is 25.3 Å². The summed E-state index contributed by atoms with van der Waals surface area (Å²) in [5, 5.41) is 6.65. The Balaban J connectivity index is 0.00000364. The average Bonchev–Trinajstić information content (AvgIpc) is 2.65. The smallest absolute Gasteiger partial charge is 0.191 e. The first-order valence-electron chi connectivity index (χ1n) is 9.29. The van der Waals surface area contributed by atoms with E-state index in [1.54, 1.807) is 0 Å². The highest BCUT2D eigenvalue weighted by molar-refractivity contribution is 14.0. The molecule has 0 aliphatic carbocycles. The predicted molar refractivity (Wildman–Crippen MR) is 124 cm³/mol.